The molecule has 114 valence electrons. The molecule has 0 aliphatic heterocycles. The molecule has 1 rings (SSSR count). The average Bonchev–Trinajstić information content (AvgIpc) is 2.88. The second-order valence-corrected chi connectivity index (χ2v) is 6.39. The molecule has 1 N–H and O–H groups in total. The van der Waals surface area contributed by atoms with Crippen molar-refractivity contribution in [1.29, 1.82) is 0 Å². The number of rotatable bonds is 12. The highest BCUT2D eigenvalue weighted by atomic mass is 16.5. The minimum absolute atomic E-state index is 0.624. The number of ether oxygens (including phenoxy) is 1. The van der Waals surface area contributed by atoms with E-state index < -0.39 is 0 Å². The Kier molecular flexibility index (Phi) is 9.54. The SMILES string of the molecule is CCCCCCCCC1(CNCCOC)CCCC1. The maximum atomic E-state index is 5.11. The van der Waals surface area contributed by atoms with Gasteiger partial charge in [0.15, 0.2) is 0 Å². The van der Waals surface area contributed by atoms with Crippen LogP contribution in [0.5, 0.6) is 0 Å². The summed E-state index contributed by atoms with van der Waals surface area (Å²) in [6, 6.07) is 0. The summed E-state index contributed by atoms with van der Waals surface area (Å²) in [5.74, 6) is 0. The maximum absolute atomic E-state index is 5.11. The number of methoxy groups -OCH3 is 1. The standard InChI is InChI=1S/C17H35NO/c1-3-4-5-6-7-8-11-17(12-9-10-13-17)16-18-14-15-19-2/h18H,3-16H2,1-2H3. The van der Waals surface area contributed by atoms with Gasteiger partial charge in [-0.3, -0.25) is 0 Å². The lowest BCUT2D eigenvalue weighted by molar-refractivity contribution is 0.186. The van der Waals surface area contributed by atoms with Gasteiger partial charge in [-0.25, -0.2) is 0 Å². The molecule has 1 saturated carbocycles. The first kappa shape index (κ1) is 17.0. The first-order valence-electron chi connectivity index (χ1n) is 8.53. The smallest absolute Gasteiger partial charge is 0.0587 e. The Morgan fingerprint density at radius 1 is 1.00 bits per heavy atom. The van der Waals surface area contributed by atoms with E-state index >= 15 is 0 Å². The minimum atomic E-state index is 0.624. The van der Waals surface area contributed by atoms with Crippen molar-refractivity contribution < 1.29 is 4.74 Å². The molecule has 0 aromatic rings. The fraction of sp³-hybridized carbons (Fsp3) is 1.00. The van der Waals surface area contributed by atoms with Crippen molar-refractivity contribution in [2.45, 2.75) is 77.6 Å². The molecular weight excluding hydrogens is 234 g/mol. The molecule has 0 spiro atoms. The summed E-state index contributed by atoms with van der Waals surface area (Å²) in [5, 5.41) is 3.61. The van der Waals surface area contributed by atoms with Crippen LogP contribution in [0.15, 0.2) is 0 Å². The van der Waals surface area contributed by atoms with E-state index in [-0.39, 0.29) is 0 Å². The minimum Gasteiger partial charge on any atom is -0.383 e. The molecule has 0 amide bonds. The predicted molar refractivity (Wildman–Crippen MR) is 83.6 cm³/mol. The van der Waals surface area contributed by atoms with E-state index in [0.717, 1.165) is 13.2 Å². The van der Waals surface area contributed by atoms with Gasteiger partial charge in [0, 0.05) is 20.2 Å². The number of hydrogen-bond donors (Lipinski definition) is 1. The molecule has 0 aromatic carbocycles. The number of hydrogen-bond acceptors (Lipinski definition) is 2. The van der Waals surface area contributed by atoms with Crippen LogP contribution in [0.25, 0.3) is 0 Å². The summed E-state index contributed by atoms with van der Waals surface area (Å²) in [7, 11) is 1.78. The van der Waals surface area contributed by atoms with E-state index in [2.05, 4.69) is 12.2 Å². The predicted octanol–water partition coefficient (Wildman–Crippen LogP) is 4.53. The van der Waals surface area contributed by atoms with Gasteiger partial charge >= 0.3 is 0 Å². The van der Waals surface area contributed by atoms with Crippen LogP contribution < -0.4 is 5.32 Å². The molecule has 0 aromatic heterocycles. The molecule has 0 unspecified atom stereocenters. The van der Waals surface area contributed by atoms with Gasteiger partial charge in [-0.1, -0.05) is 58.3 Å². The lowest BCUT2D eigenvalue weighted by atomic mass is 9.80. The summed E-state index contributed by atoms with van der Waals surface area (Å²) < 4.78 is 5.11. The van der Waals surface area contributed by atoms with Gasteiger partial charge in [-0.05, 0) is 24.7 Å². The molecule has 0 radical (unpaired) electrons. The van der Waals surface area contributed by atoms with E-state index in [9.17, 15) is 0 Å². The Morgan fingerprint density at radius 2 is 1.68 bits per heavy atom. The van der Waals surface area contributed by atoms with Crippen LogP contribution in [0, 0.1) is 5.41 Å². The third kappa shape index (κ3) is 7.31. The lowest BCUT2D eigenvalue weighted by Crippen LogP contribution is -2.33. The van der Waals surface area contributed by atoms with Gasteiger partial charge in [0.1, 0.15) is 0 Å². The second kappa shape index (κ2) is 10.7. The van der Waals surface area contributed by atoms with Crippen molar-refractivity contribution >= 4 is 0 Å². The highest BCUT2D eigenvalue weighted by Crippen LogP contribution is 2.41. The van der Waals surface area contributed by atoms with Crippen LogP contribution in [0.2, 0.25) is 0 Å². The summed E-state index contributed by atoms with van der Waals surface area (Å²) in [4.78, 5) is 0. The molecule has 2 heteroatoms. The Bertz CT molecular complexity index is 199. The topological polar surface area (TPSA) is 21.3 Å². The van der Waals surface area contributed by atoms with E-state index in [1.54, 1.807) is 7.11 Å². The van der Waals surface area contributed by atoms with Gasteiger partial charge in [-0.15, -0.1) is 0 Å². The van der Waals surface area contributed by atoms with E-state index in [1.165, 1.54) is 77.2 Å². The summed E-state index contributed by atoms with van der Waals surface area (Å²) in [6.07, 6.45) is 15.8. The third-order valence-corrected chi connectivity index (χ3v) is 4.71. The molecule has 2 nitrogen and oxygen atoms in total. The monoisotopic (exact) mass is 269 g/mol. The zero-order valence-corrected chi connectivity index (χ0v) is 13.3. The molecule has 0 saturated heterocycles. The summed E-state index contributed by atoms with van der Waals surface area (Å²) in [5.41, 5.74) is 0.624. The van der Waals surface area contributed by atoms with Crippen molar-refractivity contribution in [3.63, 3.8) is 0 Å². The quantitative estimate of drug-likeness (QED) is 0.525. The van der Waals surface area contributed by atoms with Crippen LogP contribution in [0.4, 0.5) is 0 Å². The highest BCUT2D eigenvalue weighted by molar-refractivity contribution is 4.86. The summed E-state index contributed by atoms with van der Waals surface area (Å²) >= 11 is 0. The normalized spacial score (nSPS) is 18.0. The number of unbranched alkanes of at least 4 members (excludes halogenated alkanes) is 5. The molecule has 19 heavy (non-hydrogen) atoms. The maximum Gasteiger partial charge on any atom is 0.0587 e. The molecular formula is C17H35NO. The molecule has 0 bridgehead atoms. The molecule has 1 fully saturated rings. The number of nitrogens with one attached hydrogen (secondary N) is 1. The molecule has 1 aliphatic rings. The van der Waals surface area contributed by atoms with Crippen LogP contribution >= 0.6 is 0 Å². The Hall–Kier alpha value is -0.0800. The first-order chi connectivity index (χ1) is 9.33. The average molecular weight is 269 g/mol. The van der Waals surface area contributed by atoms with Crippen LogP contribution in [-0.4, -0.2) is 26.8 Å². The van der Waals surface area contributed by atoms with Gasteiger partial charge < -0.3 is 10.1 Å². The van der Waals surface area contributed by atoms with Crippen molar-refractivity contribution in [2.24, 2.45) is 5.41 Å². The molecule has 1 aliphatic carbocycles. The van der Waals surface area contributed by atoms with E-state index in [0.29, 0.717) is 5.41 Å². The van der Waals surface area contributed by atoms with Crippen molar-refractivity contribution in [3.8, 4) is 0 Å². The van der Waals surface area contributed by atoms with Gasteiger partial charge in [0.2, 0.25) is 0 Å². The molecule has 0 heterocycles. The fourth-order valence-corrected chi connectivity index (χ4v) is 3.45. The lowest BCUT2D eigenvalue weighted by Gasteiger charge is -2.29. The second-order valence-electron chi connectivity index (χ2n) is 6.39. The molecule has 0 atom stereocenters. The van der Waals surface area contributed by atoms with Crippen molar-refractivity contribution in [3.05, 3.63) is 0 Å². The van der Waals surface area contributed by atoms with Gasteiger partial charge in [0.25, 0.3) is 0 Å². The van der Waals surface area contributed by atoms with Crippen LogP contribution in [-0.2, 0) is 4.74 Å². The third-order valence-electron chi connectivity index (χ3n) is 4.71. The zero-order valence-electron chi connectivity index (χ0n) is 13.3. The van der Waals surface area contributed by atoms with E-state index in [4.69, 9.17) is 4.74 Å². The first-order valence-corrected chi connectivity index (χ1v) is 8.53. The highest BCUT2D eigenvalue weighted by Gasteiger charge is 2.32. The Labute approximate surface area is 120 Å². The summed E-state index contributed by atoms with van der Waals surface area (Å²) in [6.45, 7) is 5.35. The Balaban J connectivity index is 2.12. The zero-order chi connectivity index (χ0) is 13.8. The van der Waals surface area contributed by atoms with Crippen molar-refractivity contribution in [1.82, 2.24) is 5.32 Å². The van der Waals surface area contributed by atoms with Gasteiger partial charge in [-0.2, -0.15) is 0 Å². The van der Waals surface area contributed by atoms with Gasteiger partial charge in [0.05, 0.1) is 6.61 Å². The van der Waals surface area contributed by atoms with Crippen molar-refractivity contribution in [2.75, 3.05) is 26.8 Å². The van der Waals surface area contributed by atoms with Crippen LogP contribution in [0.1, 0.15) is 77.6 Å². The Morgan fingerprint density at radius 3 is 2.37 bits per heavy atom. The fourth-order valence-electron chi connectivity index (χ4n) is 3.45. The van der Waals surface area contributed by atoms with Crippen LogP contribution in [0.3, 0.4) is 0 Å². The van der Waals surface area contributed by atoms with E-state index in [1.807, 2.05) is 0 Å². The largest absolute Gasteiger partial charge is 0.383 e.